The molecule has 2 heterocycles. The van der Waals surface area contributed by atoms with Crippen molar-refractivity contribution in [2.45, 2.75) is 51.0 Å². The van der Waals surface area contributed by atoms with E-state index in [1.54, 1.807) is 7.11 Å². The molecule has 1 aliphatic carbocycles. The van der Waals surface area contributed by atoms with Crippen LogP contribution < -0.4 is 15.1 Å². The average molecular weight is 485 g/mol. The van der Waals surface area contributed by atoms with Crippen molar-refractivity contribution in [2.75, 3.05) is 45.3 Å². The van der Waals surface area contributed by atoms with Crippen LogP contribution in [0.2, 0.25) is 0 Å². The van der Waals surface area contributed by atoms with Crippen LogP contribution in [0.15, 0.2) is 39.5 Å². The minimum absolute atomic E-state index is 0.0989. The first-order valence-corrected chi connectivity index (χ1v) is 12.5. The van der Waals surface area contributed by atoms with Crippen molar-refractivity contribution in [3.8, 4) is 11.5 Å². The first kappa shape index (κ1) is 25.1. The molecule has 1 N–H and O–H groups in total. The van der Waals surface area contributed by atoms with Crippen LogP contribution in [0, 0.1) is 5.92 Å². The van der Waals surface area contributed by atoms with Gasteiger partial charge in [0, 0.05) is 43.9 Å². The number of ether oxygens (including phenoxy) is 2. The van der Waals surface area contributed by atoms with Gasteiger partial charge < -0.3 is 23.9 Å². The van der Waals surface area contributed by atoms with Gasteiger partial charge in [-0.2, -0.15) is 0 Å². The van der Waals surface area contributed by atoms with Gasteiger partial charge in [-0.3, -0.25) is 14.5 Å². The number of benzene rings is 1. The largest absolute Gasteiger partial charge is 0.502 e. The number of carbonyl (C=O) groups is 1. The Hall–Kier alpha value is -3.00. The third-order valence-electron chi connectivity index (χ3n) is 7.36. The van der Waals surface area contributed by atoms with Crippen LogP contribution in [0.3, 0.4) is 0 Å². The van der Waals surface area contributed by atoms with Gasteiger partial charge in [-0.05, 0) is 43.0 Å². The summed E-state index contributed by atoms with van der Waals surface area (Å²) in [5.41, 5.74) is 0.700. The number of hydrogen-bond acceptors (Lipinski definition) is 8. The molecule has 1 aromatic heterocycles. The fraction of sp³-hybridized carbons (Fsp3) is 0.556. The van der Waals surface area contributed by atoms with Crippen LogP contribution in [0.5, 0.6) is 11.5 Å². The highest BCUT2D eigenvalue weighted by Gasteiger charge is 2.33. The maximum atomic E-state index is 12.7. The topological polar surface area (TPSA) is 92.5 Å². The summed E-state index contributed by atoms with van der Waals surface area (Å²) < 4.78 is 16.3. The van der Waals surface area contributed by atoms with E-state index in [0.717, 1.165) is 63.3 Å². The summed E-state index contributed by atoms with van der Waals surface area (Å²) in [6.45, 7) is 3.83. The molecule has 35 heavy (non-hydrogen) atoms. The molecule has 0 unspecified atom stereocenters. The van der Waals surface area contributed by atoms with E-state index in [2.05, 4.69) is 21.9 Å². The SMILES string of the molecule is COC(=O)C[C@@H](c1oc(CN2CCN(c3ccc(OC)cc3)CC2)cc(=O)c1O)C1CCCCC1. The van der Waals surface area contributed by atoms with Crippen molar-refractivity contribution in [1.29, 1.82) is 0 Å². The second kappa shape index (κ2) is 11.6. The number of piperazine rings is 1. The molecule has 0 bridgehead atoms. The molecule has 2 fully saturated rings. The average Bonchev–Trinajstić information content (AvgIpc) is 2.90. The summed E-state index contributed by atoms with van der Waals surface area (Å²) in [5.74, 6) is 0.681. The summed E-state index contributed by atoms with van der Waals surface area (Å²) in [4.78, 5) is 29.4. The lowest BCUT2D eigenvalue weighted by atomic mass is 9.77. The number of hydrogen-bond donors (Lipinski definition) is 1. The maximum Gasteiger partial charge on any atom is 0.306 e. The first-order valence-electron chi connectivity index (χ1n) is 12.5. The highest BCUT2D eigenvalue weighted by atomic mass is 16.5. The number of anilines is 1. The monoisotopic (exact) mass is 484 g/mol. The first-order chi connectivity index (χ1) is 17.0. The molecule has 8 heteroatoms. The normalized spacial score (nSPS) is 18.3. The third-order valence-corrected chi connectivity index (χ3v) is 7.36. The lowest BCUT2D eigenvalue weighted by molar-refractivity contribution is -0.141. The van der Waals surface area contributed by atoms with Crippen LogP contribution in [0.1, 0.15) is 56.0 Å². The Morgan fingerprint density at radius 2 is 1.77 bits per heavy atom. The van der Waals surface area contributed by atoms with E-state index in [1.807, 2.05) is 12.1 Å². The van der Waals surface area contributed by atoms with Crippen LogP contribution in [-0.4, -0.2) is 56.4 Å². The van der Waals surface area contributed by atoms with E-state index in [-0.39, 0.29) is 35.7 Å². The molecule has 1 aliphatic heterocycles. The molecule has 2 aromatic rings. The summed E-state index contributed by atoms with van der Waals surface area (Å²) in [7, 11) is 3.02. The van der Waals surface area contributed by atoms with Crippen molar-refractivity contribution in [1.82, 2.24) is 4.90 Å². The number of carbonyl (C=O) groups excluding carboxylic acids is 1. The van der Waals surface area contributed by atoms with Gasteiger partial charge in [0.1, 0.15) is 11.5 Å². The minimum atomic E-state index is -0.455. The smallest absolute Gasteiger partial charge is 0.306 e. The lowest BCUT2D eigenvalue weighted by Gasteiger charge is -2.36. The van der Waals surface area contributed by atoms with E-state index in [0.29, 0.717) is 12.3 Å². The molecule has 0 radical (unpaired) electrons. The molecule has 0 amide bonds. The standard InChI is InChI=1S/C27H36N2O6/c1-33-21-10-8-20(9-11-21)29-14-12-28(13-15-29)18-22-16-24(30)26(32)27(35-22)23(17-25(31)34-2)19-6-4-3-5-7-19/h8-11,16,19,23,32H,3-7,12-15,17-18H2,1-2H3/t23-/m1/s1. The zero-order valence-electron chi connectivity index (χ0n) is 20.7. The van der Waals surface area contributed by atoms with Gasteiger partial charge in [0.15, 0.2) is 5.76 Å². The molecule has 1 aromatic carbocycles. The molecule has 0 spiro atoms. The molecule has 1 saturated heterocycles. The van der Waals surface area contributed by atoms with Crippen LogP contribution in [-0.2, 0) is 16.1 Å². The molecular weight excluding hydrogens is 448 g/mol. The Morgan fingerprint density at radius 1 is 1.09 bits per heavy atom. The number of esters is 1. The van der Waals surface area contributed by atoms with E-state index < -0.39 is 5.43 Å². The Bertz CT molecular complexity index is 1040. The van der Waals surface area contributed by atoms with Gasteiger partial charge >= 0.3 is 5.97 Å². The highest BCUT2D eigenvalue weighted by Crippen LogP contribution is 2.41. The van der Waals surface area contributed by atoms with E-state index in [9.17, 15) is 14.7 Å². The van der Waals surface area contributed by atoms with Gasteiger partial charge in [0.25, 0.3) is 0 Å². The lowest BCUT2D eigenvalue weighted by Crippen LogP contribution is -2.46. The Kier molecular flexibility index (Phi) is 8.33. The van der Waals surface area contributed by atoms with Crippen molar-refractivity contribution < 1.29 is 23.8 Å². The molecular formula is C27H36N2O6. The van der Waals surface area contributed by atoms with Gasteiger partial charge in [-0.1, -0.05) is 19.3 Å². The molecule has 8 nitrogen and oxygen atoms in total. The highest BCUT2D eigenvalue weighted by molar-refractivity contribution is 5.70. The minimum Gasteiger partial charge on any atom is -0.502 e. The quantitative estimate of drug-likeness (QED) is 0.564. The predicted molar refractivity (Wildman–Crippen MR) is 133 cm³/mol. The summed E-state index contributed by atoms with van der Waals surface area (Å²) in [6.07, 6.45) is 5.31. The number of aromatic hydroxyl groups is 1. The second-order valence-corrected chi connectivity index (χ2v) is 9.54. The fourth-order valence-corrected chi connectivity index (χ4v) is 5.33. The summed E-state index contributed by atoms with van der Waals surface area (Å²) >= 11 is 0. The second-order valence-electron chi connectivity index (χ2n) is 9.54. The predicted octanol–water partition coefficient (Wildman–Crippen LogP) is 3.90. The maximum absolute atomic E-state index is 12.7. The van der Waals surface area contributed by atoms with Crippen molar-refractivity contribution in [3.63, 3.8) is 0 Å². The Labute approximate surface area is 206 Å². The van der Waals surface area contributed by atoms with Gasteiger partial charge in [-0.25, -0.2) is 0 Å². The van der Waals surface area contributed by atoms with Gasteiger partial charge in [-0.15, -0.1) is 0 Å². The van der Waals surface area contributed by atoms with E-state index in [4.69, 9.17) is 13.9 Å². The van der Waals surface area contributed by atoms with Crippen LogP contribution in [0.25, 0.3) is 0 Å². The van der Waals surface area contributed by atoms with Crippen molar-refractivity contribution in [3.05, 3.63) is 52.1 Å². The molecule has 1 atom stereocenters. The van der Waals surface area contributed by atoms with Crippen molar-refractivity contribution >= 4 is 11.7 Å². The Balaban J connectivity index is 1.47. The van der Waals surface area contributed by atoms with Crippen molar-refractivity contribution in [2.24, 2.45) is 5.92 Å². The van der Waals surface area contributed by atoms with E-state index in [1.165, 1.54) is 19.6 Å². The van der Waals surface area contributed by atoms with Gasteiger partial charge in [0.2, 0.25) is 11.2 Å². The number of rotatable bonds is 8. The third kappa shape index (κ3) is 6.17. The van der Waals surface area contributed by atoms with Crippen LogP contribution in [0.4, 0.5) is 5.69 Å². The number of methoxy groups -OCH3 is 2. The summed E-state index contributed by atoms with van der Waals surface area (Å²) in [6, 6.07) is 9.43. The van der Waals surface area contributed by atoms with Crippen LogP contribution >= 0.6 is 0 Å². The molecule has 1 saturated carbocycles. The van der Waals surface area contributed by atoms with E-state index >= 15 is 0 Å². The zero-order chi connectivity index (χ0) is 24.8. The Morgan fingerprint density at radius 3 is 2.40 bits per heavy atom. The fourth-order valence-electron chi connectivity index (χ4n) is 5.33. The zero-order valence-corrected chi connectivity index (χ0v) is 20.7. The summed E-state index contributed by atoms with van der Waals surface area (Å²) in [5, 5.41) is 10.6. The molecule has 4 rings (SSSR count). The molecule has 190 valence electrons. The van der Waals surface area contributed by atoms with Gasteiger partial charge in [0.05, 0.1) is 27.2 Å². The number of nitrogens with zero attached hydrogens (tertiary/aromatic N) is 2. The molecule has 2 aliphatic rings.